The fourth-order valence-electron chi connectivity index (χ4n) is 2.24. The van der Waals surface area contributed by atoms with Crippen molar-refractivity contribution in [1.29, 1.82) is 0 Å². The molecule has 0 aliphatic rings. The van der Waals surface area contributed by atoms with E-state index < -0.39 is 11.7 Å². The van der Waals surface area contributed by atoms with Crippen LogP contribution in [0.15, 0.2) is 42.6 Å². The van der Waals surface area contributed by atoms with Crippen LogP contribution in [-0.4, -0.2) is 10.6 Å². The average molecular weight is 296 g/mol. The number of aromatic nitrogens is 1. The molecule has 0 aliphatic heterocycles. The van der Waals surface area contributed by atoms with Crippen LogP contribution in [0.3, 0.4) is 0 Å². The van der Waals surface area contributed by atoms with Crippen molar-refractivity contribution in [3.8, 4) is 0 Å². The molecular formula is C16H19F3N2. The lowest BCUT2D eigenvalue weighted by molar-refractivity contribution is -0.137. The first-order chi connectivity index (χ1) is 9.90. The number of rotatable bonds is 5. The summed E-state index contributed by atoms with van der Waals surface area (Å²) in [6, 6.07) is 9.36. The molecule has 0 saturated carbocycles. The van der Waals surface area contributed by atoms with E-state index in [0.29, 0.717) is 12.1 Å². The van der Waals surface area contributed by atoms with E-state index in [0.717, 1.165) is 24.6 Å². The van der Waals surface area contributed by atoms with E-state index in [4.69, 9.17) is 5.73 Å². The Hall–Kier alpha value is -1.75. The van der Waals surface area contributed by atoms with Gasteiger partial charge in [-0.1, -0.05) is 19.1 Å². The van der Waals surface area contributed by atoms with Gasteiger partial charge in [0.2, 0.25) is 0 Å². The van der Waals surface area contributed by atoms with Crippen LogP contribution in [0.2, 0.25) is 0 Å². The number of halogens is 3. The Bertz CT molecular complexity index is 587. The van der Waals surface area contributed by atoms with Gasteiger partial charge in [-0.05, 0) is 36.2 Å². The van der Waals surface area contributed by atoms with Crippen LogP contribution in [-0.2, 0) is 19.1 Å². The fraction of sp³-hybridized carbons (Fsp3) is 0.375. The standard InChI is InChI=1S/C16H19F3N2/c1-2-14(20)10-15-7-4-8-21(15)11-12-5-3-6-13(9-12)16(17,18)19/h3-9,14H,2,10-11,20H2,1H3. The number of nitrogens with two attached hydrogens (primary N) is 1. The van der Waals surface area contributed by atoms with Crippen LogP contribution in [0.1, 0.15) is 30.2 Å². The molecule has 21 heavy (non-hydrogen) atoms. The molecule has 0 saturated heterocycles. The second kappa shape index (κ2) is 6.35. The predicted octanol–water partition coefficient (Wildman–Crippen LogP) is 3.84. The van der Waals surface area contributed by atoms with E-state index in [1.807, 2.05) is 29.8 Å². The van der Waals surface area contributed by atoms with Gasteiger partial charge in [0.25, 0.3) is 0 Å². The van der Waals surface area contributed by atoms with E-state index >= 15 is 0 Å². The van der Waals surface area contributed by atoms with Gasteiger partial charge < -0.3 is 10.3 Å². The summed E-state index contributed by atoms with van der Waals surface area (Å²) in [4.78, 5) is 0. The second-order valence-corrected chi connectivity index (χ2v) is 5.20. The van der Waals surface area contributed by atoms with Crippen LogP contribution in [0.5, 0.6) is 0 Å². The number of alkyl halides is 3. The minimum Gasteiger partial charge on any atom is -0.347 e. The van der Waals surface area contributed by atoms with Gasteiger partial charge in [0, 0.05) is 30.9 Å². The van der Waals surface area contributed by atoms with E-state index in [-0.39, 0.29) is 6.04 Å². The van der Waals surface area contributed by atoms with Crippen molar-refractivity contribution in [1.82, 2.24) is 4.57 Å². The molecule has 2 nitrogen and oxygen atoms in total. The summed E-state index contributed by atoms with van der Waals surface area (Å²) in [6.07, 6.45) is -0.838. The molecule has 5 heteroatoms. The van der Waals surface area contributed by atoms with Crippen LogP contribution in [0.25, 0.3) is 0 Å². The lowest BCUT2D eigenvalue weighted by Gasteiger charge is -2.14. The van der Waals surface area contributed by atoms with Crippen LogP contribution >= 0.6 is 0 Å². The lowest BCUT2D eigenvalue weighted by atomic mass is 10.1. The van der Waals surface area contributed by atoms with Crippen molar-refractivity contribution in [2.45, 2.75) is 38.5 Å². The van der Waals surface area contributed by atoms with E-state index in [9.17, 15) is 13.2 Å². The summed E-state index contributed by atoms with van der Waals surface area (Å²) in [5, 5.41) is 0. The van der Waals surface area contributed by atoms with Crippen LogP contribution in [0.4, 0.5) is 13.2 Å². The largest absolute Gasteiger partial charge is 0.416 e. The molecule has 1 atom stereocenters. The number of benzene rings is 1. The second-order valence-electron chi connectivity index (χ2n) is 5.20. The Morgan fingerprint density at radius 2 is 1.95 bits per heavy atom. The molecule has 1 aromatic heterocycles. The highest BCUT2D eigenvalue weighted by molar-refractivity contribution is 5.26. The van der Waals surface area contributed by atoms with Gasteiger partial charge in [0.05, 0.1) is 5.56 Å². The molecule has 1 heterocycles. The third kappa shape index (κ3) is 4.11. The van der Waals surface area contributed by atoms with Crippen molar-refractivity contribution in [3.63, 3.8) is 0 Å². The van der Waals surface area contributed by atoms with E-state index in [1.54, 1.807) is 6.07 Å². The lowest BCUT2D eigenvalue weighted by Crippen LogP contribution is -2.23. The minimum atomic E-state index is -4.31. The zero-order valence-electron chi connectivity index (χ0n) is 11.9. The van der Waals surface area contributed by atoms with Gasteiger partial charge in [-0.15, -0.1) is 0 Å². The van der Waals surface area contributed by atoms with Crippen LogP contribution in [0, 0.1) is 0 Å². The number of nitrogens with zero attached hydrogens (tertiary/aromatic N) is 1. The molecule has 1 unspecified atom stereocenters. The number of hydrogen-bond acceptors (Lipinski definition) is 1. The van der Waals surface area contributed by atoms with Gasteiger partial charge in [0.15, 0.2) is 0 Å². The monoisotopic (exact) mass is 296 g/mol. The maximum Gasteiger partial charge on any atom is 0.416 e. The Morgan fingerprint density at radius 1 is 1.19 bits per heavy atom. The van der Waals surface area contributed by atoms with Crippen molar-refractivity contribution in [3.05, 3.63) is 59.4 Å². The summed E-state index contributed by atoms with van der Waals surface area (Å²) in [5.74, 6) is 0. The minimum absolute atomic E-state index is 0.0696. The fourth-order valence-corrected chi connectivity index (χ4v) is 2.24. The van der Waals surface area contributed by atoms with Gasteiger partial charge in [-0.2, -0.15) is 13.2 Å². The molecule has 0 amide bonds. The summed E-state index contributed by atoms with van der Waals surface area (Å²) < 4.78 is 40.1. The van der Waals surface area contributed by atoms with Crippen molar-refractivity contribution in [2.75, 3.05) is 0 Å². The topological polar surface area (TPSA) is 30.9 Å². The Labute approximate surface area is 122 Å². The Kier molecular flexibility index (Phi) is 4.73. The van der Waals surface area contributed by atoms with Gasteiger partial charge in [-0.3, -0.25) is 0 Å². The molecule has 2 N–H and O–H groups in total. The Morgan fingerprint density at radius 3 is 2.62 bits per heavy atom. The van der Waals surface area contributed by atoms with Gasteiger partial charge in [-0.25, -0.2) is 0 Å². The first-order valence-corrected chi connectivity index (χ1v) is 6.96. The first-order valence-electron chi connectivity index (χ1n) is 6.96. The molecule has 0 fully saturated rings. The van der Waals surface area contributed by atoms with E-state index in [1.165, 1.54) is 12.1 Å². The molecular weight excluding hydrogens is 277 g/mol. The third-order valence-corrected chi connectivity index (χ3v) is 3.53. The summed E-state index contributed by atoms with van der Waals surface area (Å²) >= 11 is 0. The molecule has 0 spiro atoms. The molecule has 0 bridgehead atoms. The van der Waals surface area contributed by atoms with Gasteiger partial charge >= 0.3 is 6.18 Å². The molecule has 1 aromatic carbocycles. The maximum atomic E-state index is 12.7. The van der Waals surface area contributed by atoms with E-state index in [2.05, 4.69) is 0 Å². The zero-order chi connectivity index (χ0) is 15.5. The van der Waals surface area contributed by atoms with Crippen molar-refractivity contribution >= 4 is 0 Å². The molecule has 0 radical (unpaired) electrons. The summed E-state index contributed by atoms with van der Waals surface area (Å²) in [5.41, 5.74) is 7.01. The highest BCUT2D eigenvalue weighted by Gasteiger charge is 2.30. The predicted molar refractivity (Wildman–Crippen MR) is 76.9 cm³/mol. The molecule has 2 aromatic rings. The summed E-state index contributed by atoms with van der Waals surface area (Å²) in [6.45, 7) is 2.44. The molecule has 0 aliphatic carbocycles. The summed E-state index contributed by atoms with van der Waals surface area (Å²) in [7, 11) is 0. The van der Waals surface area contributed by atoms with Crippen LogP contribution < -0.4 is 5.73 Å². The van der Waals surface area contributed by atoms with Gasteiger partial charge in [0.1, 0.15) is 0 Å². The van der Waals surface area contributed by atoms with Crippen molar-refractivity contribution in [2.24, 2.45) is 5.73 Å². The number of hydrogen-bond donors (Lipinski definition) is 1. The highest BCUT2D eigenvalue weighted by atomic mass is 19.4. The smallest absolute Gasteiger partial charge is 0.347 e. The average Bonchev–Trinajstić information content (AvgIpc) is 2.85. The molecule has 114 valence electrons. The highest BCUT2D eigenvalue weighted by Crippen LogP contribution is 2.29. The normalized spacial score (nSPS) is 13.4. The zero-order valence-corrected chi connectivity index (χ0v) is 11.9. The first kappa shape index (κ1) is 15.6. The Balaban J connectivity index is 2.17. The third-order valence-electron chi connectivity index (χ3n) is 3.53. The SMILES string of the molecule is CCC(N)Cc1cccn1Cc1cccc(C(F)(F)F)c1. The molecule has 2 rings (SSSR count). The maximum absolute atomic E-state index is 12.7. The van der Waals surface area contributed by atoms with Crippen molar-refractivity contribution < 1.29 is 13.2 Å². The quantitative estimate of drug-likeness (QED) is 0.893.